The molecule has 0 aromatic carbocycles. The van der Waals surface area contributed by atoms with E-state index < -0.39 is 6.10 Å². The fraction of sp³-hybridized carbons (Fsp3) is 0.647. The maximum atomic E-state index is 11.8. The van der Waals surface area contributed by atoms with Crippen LogP contribution in [-0.2, 0) is 4.79 Å². The van der Waals surface area contributed by atoms with Crippen molar-refractivity contribution in [3.63, 3.8) is 0 Å². The van der Waals surface area contributed by atoms with Gasteiger partial charge in [-0.05, 0) is 36.8 Å². The highest BCUT2D eigenvalue weighted by Gasteiger charge is 2.20. The minimum atomic E-state index is -0.548. The highest BCUT2D eigenvalue weighted by molar-refractivity contribution is 5.76. The molecule has 0 bridgehead atoms. The SMILES string of the molecule is CC(C)C(O)CC(=O)NCC1CCN(c2ccncc2)CC1. The van der Waals surface area contributed by atoms with Crippen LogP contribution in [0.4, 0.5) is 5.69 Å². The number of pyridine rings is 1. The molecule has 1 saturated heterocycles. The molecule has 1 atom stereocenters. The molecule has 2 rings (SSSR count). The van der Waals surface area contributed by atoms with Gasteiger partial charge in [0.15, 0.2) is 0 Å². The van der Waals surface area contributed by atoms with E-state index in [-0.39, 0.29) is 18.2 Å². The van der Waals surface area contributed by atoms with Crippen LogP contribution in [0.5, 0.6) is 0 Å². The summed E-state index contributed by atoms with van der Waals surface area (Å²) in [5, 5.41) is 12.7. The number of rotatable bonds is 6. The molecule has 0 saturated carbocycles. The van der Waals surface area contributed by atoms with Crippen molar-refractivity contribution in [1.29, 1.82) is 0 Å². The number of aromatic nitrogens is 1. The number of hydrogen-bond acceptors (Lipinski definition) is 4. The van der Waals surface area contributed by atoms with Gasteiger partial charge in [0.1, 0.15) is 0 Å². The van der Waals surface area contributed by atoms with Gasteiger partial charge in [0, 0.05) is 37.7 Å². The Morgan fingerprint density at radius 1 is 1.36 bits per heavy atom. The first-order chi connectivity index (χ1) is 10.6. The number of anilines is 1. The van der Waals surface area contributed by atoms with Crippen LogP contribution in [-0.4, -0.2) is 41.7 Å². The normalized spacial score (nSPS) is 17.5. The molecule has 1 fully saturated rings. The first-order valence-electron chi connectivity index (χ1n) is 8.16. The van der Waals surface area contributed by atoms with E-state index in [1.165, 1.54) is 5.69 Å². The third kappa shape index (κ3) is 4.98. The lowest BCUT2D eigenvalue weighted by molar-refractivity contribution is -0.123. The lowest BCUT2D eigenvalue weighted by atomic mass is 9.96. The van der Waals surface area contributed by atoms with Crippen LogP contribution in [0.3, 0.4) is 0 Å². The van der Waals surface area contributed by atoms with E-state index in [4.69, 9.17) is 0 Å². The summed E-state index contributed by atoms with van der Waals surface area (Å²) in [7, 11) is 0. The maximum Gasteiger partial charge on any atom is 0.222 e. The Labute approximate surface area is 132 Å². The largest absolute Gasteiger partial charge is 0.392 e. The van der Waals surface area contributed by atoms with Crippen molar-refractivity contribution < 1.29 is 9.90 Å². The summed E-state index contributed by atoms with van der Waals surface area (Å²) in [5.74, 6) is 0.602. The zero-order valence-corrected chi connectivity index (χ0v) is 13.5. The number of amides is 1. The molecule has 2 heterocycles. The lowest BCUT2D eigenvalue weighted by Gasteiger charge is -2.33. The zero-order valence-electron chi connectivity index (χ0n) is 13.5. The van der Waals surface area contributed by atoms with Crippen molar-refractivity contribution in [2.24, 2.45) is 11.8 Å². The monoisotopic (exact) mass is 305 g/mol. The predicted octanol–water partition coefficient (Wildman–Crippen LogP) is 1.82. The molecule has 5 nitrogen and oxygen atoms in total. The van der Waals surface area contributed by atoms with E-state index in [1.807, 2.05) is 38.4 Å². The van der Waals surface area contributed by atoms with Crippen LogP contribution in [0.1, 0.15) is 33.1 Å². The van der Waals surface area contributed by atoms with Crippen molar-refractivity contribution in [2.45, 2.75) is 39.2 Å². The second kappa shape index (κ2) is 8.13. The fourth-order valence-electron chi connectivity index (χ4n) is 2.71. The molecule has 122 valence electrons. The quantitative estimate of drug-likeness (QED) is 0.841. The standard InChI is InChI=1S/C17H27N3O2/c1-13(2)16(21)11-17(22)19-12-14-5-9-20(10-6-14)15-3-7-18-8-4-15/h3-4,7-8,13-14,16,21H,5-6,9-12H2,1-2H3,(H,19,22). The van der Waals surface area contributed by atoms with E-state index in [9.17, 15) is 9.90 Å². The molecule has 1 aromatic heterocycles. The average Bonchev–Trinajstić information content (AvgIpc) is 2.54. The van der Waals surface area contributed by atoms with Gasteiger partial charge in [-0.25, -0.2) is 0 Å². The van der Waals surface area contributed by atoms with Crippen molar-refractivity contribution >= 4 is 11.6 Å². The number of nitrogens with one attached hydrogen (secondary N) is 1. The number of piperidine rings is 1. The smallest absolute Gasteiger partial charge is 0.222 e. The first-order valence-corrected chi connectivity index (χ1v) is 8.16. The molecule has 1 unspecified atom stereocenters. The Morgan fingerprint density at radius 2 is 2.00 bits per heavy atom. The highest BCUT2D eigenvalue weighted by atomic mass is 16.3. The van der Waals surface area contributed by atoms with Gasteiger partial charge in [-0.2, -0.15) is 0 Å². The molecule has 1 aromatic rings. The number of hydrogen-bond donors (Lipinski definition) is 2. The summed E-state index contributed by atoms with van der Waals surface area (Å²) < 4.78 is 0. The fourth-order valence-corrected chi connectivity index (χ4v) is 2.71. The van der Waals surface area contributed by atoms with Gasteiger partial charge in [0.2, 0.25) is 5.91 Å². The summed E-state index contributed by atoms with van der Waals surface area (Å²) in [6.45, 7) is 6.59. The van der Waals surface area contributed by atoms with Gasteiger partial charge in [-0.15, -0.1) is 0 Å². The Bertz CT molecular complexity index is 456. The van der Waals surface area contributed by atoms with E-state index in [1.54, 1.807) is 0 Å². The Kier molecular flexibility index (Phi) is 6.19. The van der Waals surface area contributed by atoms with E-state index in [0.29, 0.717) is 12.5 Å². The molecule has 5 heteroatoms. The highest BCUT2D eigenvalue weighted by Crippen LogP contribution is 2.22. The van der Waals surface area contributed by atoms with E-state index in [0.717, 1.165) is 25.9 Å². The average molecular weight is 305 g/mol. The van der Waals surface area contributed by atoms with Gasteiger partial charge >= 0.3 is 0 Å². The molecular weight excluding hydrogens is 278 g/mol. The Hall–Kier alpha value is -1.62. The van der Waals surface area contributed by atoms with E-state index >= 15 is 0 Å². The molecule has 0 spiro atoms. The van der Waals surface area contributed by atoms with E-state index in [2.05, 4.69) is 15.2 Å². The van der Waals surface area contributed by atoms with Crippen LogP contribution in [0.25, 0.3) is 0 Å². The lowest BCUT2D eigenvalue weighted by Crippen LogP contribution is -2.39. The summed E-state index contributed by atoms with van der Waals surface area (Å²) >= 11 is 0. The minimum Gasteiger partial charge on any atom is -0.392 e. The van der Waals surface area contributed by atoms with Gasteiger partial charge in [-0.3, -0.25) is 9.78 Å². The maximum absolute atomic E-state index is 11.8. The zero-order chi connectivity index (χ0) is 15.9. The second-order valence-corrected chi connectivity index (χ2v) is 6.46. The van der Waals surface area contributed by atoms with Crippen LogP contribution in [0, 0.1) is 11.8 Å². The van der Waals surface area contributed by atoms with Crippen molar-refractivity contribution in [2.75, 3.05) is 24.5 Å². The predicted molar refractivity (Wildman–Crippen MR) is 87.6 cm³/mol. The Balaban J connectivity index is 1.68. The van der Waals surface area contributed by atoms with Gasteiger partial charge < -0.3 is 15.3 Å². The molecule has 22 heavy (non-hydrogen) atoms. The summed E-state index contributed by atoms with van der Waals surface area (Å²) in [4.78, 5) is 18.2. The number of carbonyl (C=O) groups excluding carboxylic acids is 1. The summed E-state index contributed by atoms with van der Waals surface area (Å²) in [5.41, 5.74) is 1.22. The molecule has 1 amide bonds. The molecule has 0 radical (unpaired) electrons. The van der Waals surface area contributed by atoms with Crippen molar-refractivity contribution in [3.05, 3.63) is 24.5 Å². The topological polar surface area (TPSA) is 65.5 Å². The number of carbonyl (C=O) groups is 1. The van der Waals surface area contributed by atoms with Crippen LogP contribution >= 0.6 is 0 Å². The van der Waals surface area contributed by atoms with Gasteiger partial charge in [-0.1, -0.05) is 13.8 Å². The summed E-state index contributed by atoms with van der Waals surface area (Å²) in [6.07, 6.45) is 5.45. The number of nitrogens with zero attached hydrogens (tertiary/aromatic N) is 2. The first kappa shape index (κ1) is 16.7. The number of aliphatic hydroxyl groups is 1. The molecule has 1 aliphatic heterocycles. The van der Waals surface area contributed by atoms with Crippen molar-refractivity contribution in [3.8, 4) is 0 Å². The molecule has 0 aliphatic carbocycles. The molecular formula is C17H27N3O2. The van der Waals surface area contributed by atoms with Crippen molar-refractivity contribution in [1.82, 2.24) is 10.3 Å². The van der Waals surface area contributed by atoms with Crippen LogP contribution < -0.4 is 10.2 Å². The van der Waals surface area contributed by atoms with Gasteiger partial charge in [0.05, 0.1) is 12.5 Å². The third-order valence-electron chi connectivity index (χ3n) is 4.39. The molecule has 2 N–H and O–H groups in total. The summed E-state index contributed by atoms with van der Waals surface area (Å²) in [6, 6.07) is 4.07. The molecule has 1 aliphatic rings. The van der Waals surface area contributed by atoms with Crippen LogP contribution in [0.15, 0.2) is 24.5 Å². The second-order valence-electron chi connectivity index (χ2n) is 6.46. The minimum absolute atomic E-state index is 0.0437. The van der Waals surface area contributed by atoms with Gasteiger partial charge in [0.25, 0.3) is 0 Å². The Morgan fingerprint density at radius 3 is 2.59 bits per heavy atom. The number of aliphatic hydroxyl groups excluding tert-OH is 1. The van der Waals surface area contributed by atoms with Crippen LogP contribution in [0.2, 0.25) is 0 Å². The third-order valence-corrected chi connectivity index (χ3v) is 4.39.